The number of piperidine rings is 1. The summed E-state index contributed by atoms with van der Waals surface area (Å²) in [5.74, 6) is 0.736. The van der Waals surface area contributed by atoms with E-state index in [9.17, 15) is 4.79 Å². The van der Waals surface area contributed by atoms with Gasteiger partial charge in [0.2, 0.25) is 0 Å². The van der Waals surface area contributed by atoms with Gasteiger partial charge in [-0.3, -0.25) is 15.0 Å². The Labute approximate surface area is 128 Å². The Morgan fingerprint density at radius 2 is 1.95 bits per heavy atom. The lowest BCUT2D eigenvalue weighted by Gasteiger charge is -2.41. The van der Waals surface area contributed by atoms with Crippen LogP contribution >= 0.6 is 0 Å². The van der Waals surface area contributed by atoms with Gasteiger partial charge in [0, 0.05) is 24.7 Å². The molecular formula is C17H30N2O2. The van der Waals surface area contributed by atoms with E-state index in [0.29, 0.717) is 18.1 Å². The number of hydrogen-bond donors (Lipinski definition) is 1. The van der Waals surface area contributed by atoms with Gasteiger partial charge in [0.25, 0.3) is 0 Å². The van der Waals surface area contributed by atoms with Crippen LogP contribution in [0.2, 0.25) is 0 Å². The first kappa shape index (κ1) is 15.3. The molecule has 4 unspecified atom stereocenters. The van der Waals surface area contributed by atoms with E-state index < -0.39 is 5.54 Å². The summed E-state index contributed by atoms with van der Waals surface area (Å²) in [6.07, 6.45) is 8.02. The third-order valence-corrected chi connectivity index (χ3v) is 5.76. The van der Waals surface area contributed by atoms with E-state index >= 15 is 0 Å². The average molecular weight is 294 g/mol. The Morgan fingerprint density at radius 1 is 1.19 bits per heavy atom. The number of carbonyl (C=O) groups is 1. The van der Waals surface area contributed by atoms with Crippen molar-refractivity contribution in [1.82, 2.24) is 10.2 Å². The fourth-order valence-electron chi connectivity index (χ4n) is 4.32. The molecule has 2 aliphatic carbocycles. The van der Waals surface area contributed by atoms with Gasteiger partial charge in [-0.05, 0) is 57.8 Å². The molecule has 1 N–H and O–H groups in total. The van der Waals surface area contributed by atoms with Gasteiger partial charge in [-0.25, -0.2) is 0 Å². The van der Waals surface area contributed by atoms with Crippen LogP contribution < -0.4 is 5.32 Å². The molecule has 1 aliphatic heterocycles. The smallest absolute Gasteiger partial charge is 0.326 e. The topological polar surface area (TPSA) is 41.6 Å². The van der Waals surface area contributed by atoms with Gasteiger partial charge in [0.1, 0.15) is 5.54 Å². The SMILES string of the molecule is COC(=O)C1(NC2CC2)CCC(N2CC(C)CCC2C)C1. The van der Waals surface area contributed by atoms with Crippen molar-refractivity contribution >= 4 is 5.97 Å². The first-order chi connectivity index (χ1) is 10.0. The number of methoxy groups -OCH3 is 1. The summed E-state index contributed by atoms with van der Waals surface area (Å²) in [7, 11) is 1.53. The number of hydrogen-bond acceptors (Lipinski definition) is 4. The number of ether oxygens (including phenoxy) is 1. The van der Waals surface area contributed by atoms with Crippen molar-refractivity contribution in [3.05, 3.63) is 0 Å². The molecule has 3 rings (SSSR count). The maximum absolute atomic E-state index is 12.4. The summed E-state index contributed by atoms with van der Waals surface area (Å²) in [5, 5.41) is 3.61. The lowest BCUT2D eigenvalue weighted by molar-refractivity contribution is -0.148. The monoisotopic (exact) mass is 294 g/mol. The zero-order chi connectivity index (χ0) is 15.0. The summed E-state index contributed by atoms with van der Waals surface area (Å²) < 4.78 is 5.13. The van der Waals surface area contributed by atoms with Gasteiger partial charge in [0.15, 0.2) is 0 Å². The molecule has 0 aromatic rings. The summed E-state index contributed by atoms with van der Waals surface area (Å²) in [4.78, 5) is 15.0. The molecule has 4 heteroatoms. The van der Waals surface area contributed by atoms with E-state index in [4.69, 9.17) is 4.74 Å². The normalized spacial score (nSPS) is 41.2. The molecule has 2 saturated carbocycles. The van der Waals surface area contributed by atoms with Crippen LogP contribution in [0.4, 0.5) is 0 Å². The van der Waals surface area contributed by atoms with Crippen molar-refractivity contribution in [2.24, 2.45) is 5.92 Å². The van der Waals surface area contributed by atoms with Gasteiger partial charge < -0.3 is 4.74 Å². The van der Waals surface area contributed by atoms with Crippen LogP contribution in [0.3, 0.4) is 0 Å². The number of nitrogens with one attached hydrogen (secondary N) is 1. The summed E-state index contributed by atoms with van der Waals surface area (Å²) in [6.45, 7) is 5.88. The molecule has 4 nitrogen and oxygen atoms in total. The fourth-order valence-corrected chi connectivity index (χ4v) is 4.32. The van der Waals surface area contributed by atoms with Crippen molar-refractivity contribution in [2.75, 3.05) is 13.7 Å². The van der Waals surface area contributed by atoms with Crippen LogP contribution in [0, 0.1) is 5.92 Å². The Balaban J connectivity index is 1.70. The molecule has 3 aliphatic rings. The Morgan fingerprint density at radius 3 is 2.62 bits per heavy atom. The van der Waals surface area contributed by atoms with Crippen LogP contribution in [-0.4, -0.2) is 48.2 Å². The highest BCUT2D eigenvalue weighted by Crippen LogP contribution is 2.39. The third-order valence-electron chi connectivity index (χ3n) is 5.76. The fraction of sp³-hybridized carbons (Fsp3) is 0.941. The molecule has 21 heavy (non-hydrogen) atoms. The zero-order valence-electron chi connectivity index (χ0n) is 13.7. The number of likely N-dealkylation sites (tertiary alicyclic amines) is 1. The number of rotatable bonds is 4. The molecule has 3 fully saturated rings. The molecule has 1 saturated heterocycles. The highest BCUT2D eigenvalue weighted by molar-refractivity contribution is 5.81. The van der Waals surface area contributed by atoms with Crippen LogP contribution in [0.1, 0.15) is 58.8 Å². The molecule has 4 atom stereocenters. The second-order valence-corrected chi connectivity index (χ2v) is 7.62. The maximum atomic E-state index is 12.4. The lowest BCUT2D eigenvalue weighted by Crippen LogP contribution is -2.54. The second-order valence-electron chi connectivity index (χ2n) is 7.62. The minimum Gasteiger partial charge on any atom is -0.468 e. The molecule has 0 bridgehead atoms. The molecule has 0 aromatic carbocycles. The third kappa shape index (κ3) is 3.11. The predicted molar refractivity (Wildman–Crippen MR) is 83.1 cm³/mol. The van der Waals surface area contributed by atoms with E-state index in [2.05, 4.69) is 24.1 Å². The van der Waals surface area contributed by atoms with Gasteiger partial charge in [-0.2, -0.15) is 0 Å². The van der Waals surface area contributed by atoms with E-state index in [0.717, 1.165) is 25.2 Å². The minimum absolute atomic E-state index is 0.0467. The number of nitrogens with zero attached hydrogens (tertiary/aromatic N) is 1. The molecule has 1 heterocycles. The standard InChI is InChI=1S/C17H30N2O2/c1-12-4-5-13(2)19(11-12)15-8-9-17(10-15,16(20)21-3)18-14-6-7-14/h12-15,18H,4-11H2,1-3H3. The molecule has 0 aromatic heterocycles. The van der Waals surface area contributed by atoms with E-state index in [-0.39, 0.29) is 5.97 Å². The first-order valence-corrected chi connectivity index (χ1v) is 8.66. The summed E-state index contributed by atoms with van der Waals surface area (Å²) >= 11 is 0. The van der Waals surface area contributed by atoms with Crippen LogP contribution in [-0.2, 0) is 9.53 Å². The van der Waals surface area contributed by atoms with E-state index in [1.165, 1.54) is 39.3 Å². The van der Waals surface area contributed by atoms with Gasteiger partial charge in [0.05, 0.1) is 7.11 Å². The lowest BCUT2D eigenvalue weighted by atomic mass is 9.92. The number of esters is 1. The highest BCUT2D eigenvalue weighted by atomic mass is 16.5. The van der Waals surface area contributed by atoms with Crippen molar-refractivity contribution in [3.63, 3.8) is 0 Å². The summed E-state index contributed by atoms with van der Waals surface area (Å²) in [5.41, 5.74) is -0.416. The van der Waals surface area contributed by atoms with Crippen LogP contribution in [0.15, 0.2) is 0 Å². The predicted octanol–water partition coefficient (Wildman–Crippen LogP) is 2.32. The molecule has 0 radical (unpaired) electrons. The number of carbonyl (C=O) groups excluding carboxylic acids is 1. The summed E-state index contributed by atoms with van der Waals surface area (Å²) in [6, 6.07) is 1.73. The Hall–Kier alpha value is -0.610. The largest absolute Gasteiger partial charge is 0.468 e. The molecular weight excluding hydrogens is 264 g/mol. The van der Waals surface area contributed by atoms with Gasteiger partial charge in [-0.1, -0.05) is 6.92 Å². The van der Waals surface area contributed by atoms with Gasteiger partial charge in [-0.15, -0.1) is 0 Å². The first-order valence-electron chi connectivity index (χ1n) is 8.66. The van der Waals surface area contributed by atoms with Gasteiger partial charge >= 0.3 is 5.97 Å². The maximum Gasteiger partial charge on any atom is 0.326 e. The molecule has 0 spiro atoms. The van der Waals surface area contributed by atoms with Crippen molar-refractivity contribution in [2.45, 2.75) is 82.5 Å². The van der Waals surface area contributed by atoms with E-state index in [1.54, 1.807) is 0 Å². The van der Waals surface area contributed by atoms with Crippen molar-refractivity contribution in [3.8, 4) is 0 Å². The van der Waals surface area contributed by atoms with E-state index in [1.807, 2.05) is 0 Å². The van der Waals surface area contributed by atoms with Crippen molar-refractivity contribution < 1.29 is 9.53 Å². The molecule has 120 valence electrons. The van der Waals surface area contributed by atoms with Crippen LogP contribution in [0.5, 0.6) is 0 Å². The minimum atomic E-state index is -0.416. The average Bonchev–Trinajstić information content (AvgIpc) is 3.18. The Kier molecular flexibility index (Phi) is 4.28. The molecule has 0 amide bonds. The quantitative estimate of drug-likeness (QED) is 0.808. The second kappa shape index (κ2) is 5.88. The van der Waals surface area contributed by atoms with Crippen LogP contribution in [0.25, 0.3) is 0 Å². The highest BCUT2D eigenvalue weighted by Gasteiger charge is 2.50. The Bertz CT molecular complexity index is 396. The van der Waals surface area contributed by atoms with Crippen molar-refractivity contribution in [1.29, 1.82) is 0 Å². The zero-order valence-corrected chi connectivity index (χ0v) is 13.7.